The van der Waals surface area contributed by atoms with Crippen LogP contribution in [0.4, 0.5) is 4.79 Å². The Kier molecular flexibility index (Phi) is 14.8. The van der Waals surface area contributed by atoms with Gasteiger partial charge in [0.15, 0.2) is 0 Å². The molecule has 0 fully saturated rings. The molecular formula is C23H42N2O2. The van der Waals surface area contributed by atoms with E-state index in [2.05, 4.69) is 11.9 Å². The summed E-state index contributed by atoms with van der Waals surface area (Å²) in [6.45, 7) is 4.50. The van der Waals surface area contributed by atoms with Crippen molar-refractivity contribution in [2.24, 2.45) is 0 Å². The highest BCUT2D eigenvalue weighted by atomic mass is 16.5. The van der Waals surface area contributed by atoms with Crippen molar-refractivity contribution in [3.05, 3.63) is 18.2 Å². The predicted octanol–water partition coefficient (Wildman–Crippen LogP) is 7.30. The number of hydrogen-bond acceptors (Lipinski definition) is 3. The van der Waals surface area contributed by atoms with Gasteiger partial charge in [0.05, 0.1) is 6.61 Å². The molecule has 156 valence electrons. The van der Waals surface area contributed by atoms with Crippen LogP contribution in [-0.4, -0.2) is 22.3 Å². The van der Waals surface area contributed by atoms with Crippen LogP contribution in [0, 0.1) is 0 Å². The number of ether oxygens (including phenoxy) is 1. The van der Waals surface area contributed by atoms with Crippen molar-refractivity contribution in [1.82, 2.24) is 9.55 Å². The zero-order valence-corrected chi connectivity index (χ0v) is 17.9. The van der Waals surface area contributed by atoms with Crippen LogP contribution < -0.4 is 0 Å². The largest absolute Gasteiger partial charge is 0.449 e. The molecule has 0 aliphatic heterocycles. The van der Waals surface area contributed by atoms with Crippen LogP contribution >= 0.6 is 0 Å². The van der Waals surface area contributed by atoms with Gasteiger partial charge in [0.25, 0.3) is 0 Å². The molecule has 0 spiro atoms. The van der Waals surface area contributed by atoms with E-state index >= 15 is 0 Å². The van der Waals surface area contributed by atoms with Crippen LogP contribution in [0.1, 0.15) is 116 Å². The van der Waals surface area contributed by atoms with E-state index in [4.69, 9.17) is 4.74 Å². The molecule has 0 amide bonds. The lowest BCUT2D eigenvalue weighted by atomic mass is 10.0. The molecule has 1 aromatic rings. The maximum atomic E-state index is 11.8. The molecule has 0 aromatic carbocycles. The minimum Gasteiger partial charge on any atom is -0.449 e. The summed E-state index contributed by atoms with van der Waals surface area (Å²) in [5, 5.41) is 0. The Bertz CT molecular complexity index is 471. The number of rotatable bonds is 17. The third-order valence-corrected chi connectivity index (χ3v) is 5.19. The number of carbonyl (C=O) groups is 1. The molecule has 0 saturated heterocycles. The van der Waals surface area contributed by atoms with E-state index < -0.39 is 0 Å². The maximum absolute atomic E-state index is 11.8. The van der Waals surface area contributed by atoms with Gasteiger partial charge in [-0.05, 0) is 13.3 Å². The first-order valence-corrected chi connectivity index (χ1v) is 11.5. The van der Waals surface area contributed by atoms with Crippen LogP contribution in [0.3, 0.4) is 0 Å². The molecule has 1 aromatic heterocycles. The molecule has 0 aliphatic rings. The second-order valence-corrected chi connectivity index (χ2v) is 7.61. The van der Waals surface area contributed by atoms with Gasteiger partial charge in [0.2, 0.25) is 0 Å². The Labute approximate surface area is 167 Å². The monoisotopic (exact) mass is 378 g/mol. The van der Waals surface area contributed by atoms with E-state index in [9.17, 15) is 4.79 Å². The van der Waals surface area contributed by atoms with E-state index in [1.807, 2.05) is 6.92 Å². The molecule has 1 heterocycles. The Hall–Kier alpha value is -1.32. The van der Waals surface area contributed by atoms with Crippen LogP contribution in [0.15, 0.2) is 12.4 Å². The van der Waals surface area contributed by atoms with Gasteiger partial charge in [-0.2, -0.15) is 0 Å². The van der Waals surface area contributed by atoms with Crippen molar-refractivity contribution in [1.29, 1.82) is 0 Å². The minimum atomic E-state index is -0.314. The van der Waals surface area contributed by atoms with E-state index in [-0.39, 0.29) is 6.09 Å². The summed E-state index contributed by atoms with van der Waals surface area (Å²) in [6.07, 6.45) is 24.4. The van der Waals surface area contributed by atoms with Crippen molar-refractivity contribution < 1.29 is 9.53 Å². The molecule has 27 heavy (non-hydrogen) atoms. The number of aryl methyl sites for hydroxylation is 1. The topological polar surface area (TPSA) is 44.1 Å². The normalized spacial score (nSPS) is 11.0. The van der Waals surface area contributed by atoms with Gasteiger partial charge in [0, 0.05) is 18.8 Å². The number of nitrogens with zero attached hydrogens (tertiary/aromatic N) is 2. The SMILES string of the molecule is CCCCCCCCCCCCCCCCCc1nccn1C(=O)OCC. The summed E-state index contributed by atoms with van der Waals surface area (Å²) >= 11 is 0. The van der Waals surface area contributed by atoms with Crippen LogP contribution in [0.25, 0.3) is 0 Å². The Morgan fingerprint density at radius 1 is 0.815 bits per heavy atom. The fraction of sp³-hybridized carbons (Fsp3) is 0.826. The molecule has 0 atom stereocenters. The van der Waals surface area contributed by atoms with Gasteiger partial charge in [-0.3, -0.25) is 0 Å². The summed E-state index contributed by atoms with van der Waals surface area (Å²) in [5.74, 6) is 0.822. The fourth-order valence-electron chi connectivity index (χ4n) is 3.53. The first kappa shape index (κ1) is 23.7. The lowest BCUT2D eigenvalue weighted by molar-refractivity contribution is 0.153. The average molecular weight is 379 g/mol. The van der Waals surface area contributed by atoms with Crippen molar-refractivity contribution >= 4 is 6.09 Å². The Morgan fingerprint density at radius 2 is 1.30 bits per heavy atom. The second kappa shape index (κ2) is 16.8. The minimum absolute atomic E-state index is 0.314. The van der Waals surface area contributed by atoms with Gasteiger partial charge < -0.3 is 4.74 Å². The number of aromatic nitrogens is 2. The van der Waals surface area contributed by atoms with E-state index in [1.54, 1.807) is 12.4 Å². The fourth-order valence-corrected chi connectivity index (χ4v) is 3.53. The summed E-state index contributed by atoms with van der Waals surface area (Å²) in [5.41, 5.74) is 0. The van der Waals surface area contributed by atoms with Crippen molar-refractivity contribution in [3.63, 3.8) is 0 Å². The lowest BCUT2D eigenvalue weighted by Crippen LogP contribution is -2.15. The molecule has 4 nitrogen and oxygen atoms in total. The van der Waals surface area contributed by atoms with Crippen molar-refractivity contribution in [2.75, 3.05) is 6.61 Å². The zero-order chi connectivity index (χ0) is 19.6. The molecule has 0 unspecified atom stereocenters. The van der Waals surface area contributed by atoms with Gasteiger partial charge in [-0.15, -0.1) is 0 Å². The van der Waals surface area contributed by atoms with Crippen molar-refractivity contribution in [2.45, 2.75) is 117 Å². The van der Waals surface area contributed by atoms with Crippen LogP contribution in [0.2, 0.25) is 0 Å². The van der Waals surface area contributed by atoms with Crippen LogP contribution in [0.5, 0.6) is 0 Å². The smallest absolute Gasteiger partial charge is 0.419 e. The summed E-state index contributed by atoms with van der Waals surface area (Å²) < 4.78 is 6.57. The highest BCUT2D eigenvalue weighted by Crippen LogP contribution is 2.14. The van der Waals surface area contributed by atoms with E-state index in [0.29, 0.717) is 6.61 Å². The quantitative estimate of drug-likeness (QED) is 0.267. The number of imidazole rings is 1. The molecule has 1 rings (SSSR count). The van der Waals surface area contributed by atoms with E-state index in [0.717, 1.165) is 18.7 Å². The van der Waals surface area contributed by atoms with Gasteiger partial charge in [-0.25, -0.2) is 14.3 Å². The zero-order valence-electron chi connectivity index (χ0n) is 17.9. The summed E-state index contributed by atoms with van der Waals surface area (Å²) in [4.78, 5) is 16.1. The van der Waals surface area contributed by atoms with Gasteiger partial charge in [-0.1, -0.05) is 96.8 Å². The molecule has 4 heteroatoms. The third-order valence-electron chi connectivity index (χ3n) is 5.19. The third kappa shape index (κ3) is 11.9. The Balaban J connectivity index is 1.88. The maximum Gasteiger partial charge on any atom is 0.419 e. The first-order valence-electron chi connectivity index (χ1n) is 11.5. The number of carbonyl (C=O) groups excluding carboxylic acids is 1. The Morgan fingerprint density at radius 3 is 1.78 bits per heavy atom. The number of hydrogen-bond donors (Lipinski definition) is 0. The van der Waals surface area contributed by atoms with Crippen LogP contribution in [-0.2, 0) is 11.2 Å². The highest BCUT2D eigenvalue weighted by molar-refractivity contribution is 5.70. The van der Waals surface area contributed by atoms with E-state index in [1.165, 1.54) is 94.5 Å². The molecule has 0 bridgehead atoms. The molecule has 0 radical (unpaired) electrons. The first-order chi connectivity index (χ1) is 13.3. The standard InChI is InChI=1S/C23H42N2O2/c1-3-5-6-7-8-9-10-11-12-13-14-15-16-17-18-19-22-24-20-21-25(22)23(26)27-4-2/h20-21H,3-19H2,1-2H3. The highest BCUT2D eigenvalue weighted by Gasteiger charge is 2.10. The predicted molar refractivity (Wildman–Crippen MR) is 113 cm³/mol. The molecule has 0 saturated carbocycles. The molecule has 0 aliphatic carbocycles. The average Bonchev–Trinajstić information content (AvgIpc) is 3.14. The lowest BCUT2D eigenvalue weighted by Gasteiger charge is -2.06. The summed E-state index contributed by atoms with van der Waals surface area (Å²) in [7, 11) is 0. The van der Waals surface area contributed by atoms with Crippen molar-refractivity contribution in [3.8, 4) is 0 Å². The summed E-state index contributed by atoms with van der Waals surface area (Å²) in [6, 6.07) is 0. The molecule has 0 N–H and O–H groups in total. The molecular weight excluding hydrogens is 336 g/mol. The second-order valence-electron chi connectivity index (χ2n) is 7.61. The number of unbranched alkanes of at least 4 members (excludes halogenated alkanes) is 14. The van der Waals surface area contributed by atoms with Gasteiger partial charge >= 0.3 is 6.09 Å². The van der Waals surface area contributed by atoms with Gasteiger partial charge in [0.1, 0.15) is 5.82 Å².